The number of benzene rings is 1. The summed E-state index contributed by atoms with van der Waals surface area (Å²) in [6.45, 7) is 2.21. The molecule has 0 bridgehead atoms. The highest BCUT2D eigenvalue weighted by Gasteiger charge is 2.30. The maximum atomic E-state index is 6.22. The summed E-state index contributed by atoms with van der Waals surface area (Å²) in [6, 6.07) is 1.99. The first kappa shape index (κ1) is 12.7. The van der Waals surface area contributed by atoms with Gasteiger partial charge in [-0.25, -0.2) is 0 Å². The van der Waals surface area contributed by atoms with Crippen molar-refractivity contribution in [3.05, 3.63) is 21.7 Å². The largest absolute Gasteiger partial charge is 0.496 e. The lowest BCUT2D eigenvalue weighted by Gasteiger charge is -2.31. The summed E-state index contributed by atoms with van der Waals surface area (Å²) in [6.07, 6.45) is 2.08. The first-order valence-electron chi connectivity index (χ1n) is 5.80. The van der Waals surface area contributed by atoms with Gasteiger partial charge in [0.1, 0.15) is 11.5 Å². The number of halogens is 1. The van der Waals surface area contributed by atoms with Gasteiger partial charge in [0.05, 0.1) is 18.7 Å². The van der Waals surface area contributed by atoms with Crippen LogP contribution in [0.25, 0.3) is 0 Å². The fourth-order valence-electron chi connectivity index (χ4n) is 2.61. The van der Waals surface area contributed by atoms with Crippen molar-refractivity contribution >= 4 is 15.9 Å². The molecule has 3 nitrogen and oxygen atoms in total. The van der Waals surface area contributed by atoms with Crippen molar-refractivity contribution < 1.29 is 9.47 Å². The summed E-state index contributed by atoms with van der Waals surface area (Å²) in [5.41, 5.74) is 8.52. The summed E-state index contributed by atoms with van der Waals surface area (Å²) in [7, 11) is 3.38. The molecular weight excluding hydrogens is 282 g/mol. The van der Waals surface area contributed by atoms with Crippen molar-refractivity contribution in [2.75, 3.05) is 14.2 Å². The van der Waals surface area contributed by atoms with Crippen LogP contribution in [0.15, 0.2) is 10.5 Å². The summed E-state index contributed by atoms with van der Waals surface area (Å²) in [5, 5.41) is 0. The van der Waals surface area contributed by atoms with Crippen LogP contribution in [0.1, 0.15) is 42.9 Å². The zero-order valence-electron chi connectivity index (χ0n) is 10.4. The van der Waals surface area contributed by atoms with Crippen molar-refractivity contribution in [1.82, 2.24) is 0 Å². The van der Waals surface area contributed by atoms with Crippen LogP contribution in [0.2, 0.25) is 0 Å². The molecule has 2 atom stereocenters. The van der Waals surface area contributed by atoms with Crippen LogP contribution in [0.5, 0.6) is 11.5 Å². The zero-order chi connectivity index (χ0) is 12.6. The minimum Gasteiger partial charge on any atom is -0.496 e. The monoisotopic (exact) mass is 299 g/mol. The summed E-state index contributed by atoms with van der Waals surface area (Å²) < 4.78 is 11.9. The highest BCUT2D eigenvalue weighted by Crippen LogP contribution is 2.48. The van der Waals surface area contributed by atoms with Gasteiger partial charge in [0.25, 0.3) is 0 Å². The van der Waals surface area contributed by atoms with Gasteiger partial charge in [0.2, 0.25) is 0 Å². The van der Waals surface area contributed by atoms with E-state index in [2.05, 4.69) is 22.9 Å². The van der Waals surface area contributed by atoms with E-state index in [0.29, 0.717) is 5.92 Å². The van der Waals surface area contributed by atoms with E-state index in [1.807, 2.05) is 6.07 Å². The second-order valence-corrected chi connectivity index (χ2v) is 5.36. The van der Waals surface area contributed by atoms with Crippen LogP contribution in [0.3, 0.4) is 0 Å². The van der Waals surface area contributed by atoms with Crippen molar-refractivity contribution in [3.63, 3.8) is 0 Å². The van der Waals surface area contributed by atoms with Crippen molar-refractivity contribution in [3.8, 4) is 11.5 Å². The lowest BCUT2D eigenvalue weighted by Crippen LogP contribution is -2.21. The third-order valence-electron chi connectivity index (χ3n) is 3.47. The standard InChI is InChI=1S/C13H18BrNO2/c1-7-4-5-9(15)12-11(7)10(16-2)6-8(14)13(12)17-3/h6-7,9H,4-5,15H2,1-3H3/t7?,9-/m1/s1. The van der Waals surface area contributed by atoms with E-state index >= 15 is 0 Å². The molecule has 94 valence electrons. The van der Waals surface area contributed by atoms with Crippen LogP contribution >= 0.6 is 15.9 Å². The number of rotatable bonds is 2. The van der Waals surface area contributed by atoms with Gasteiger partial charge in [0.15, 0.2) is 0 Å². The Bertz CT molecular complexity index is 434. The summed E-state index contributed by atoms with van der Waals surface area (Å²) in [4.78, 5) is 0. The van der Waals surface area contributed by atoms with Crippen LogP contribution in [0.4, 0.5) is 0 Å². The molecule has 0 fully saturated rings. The number of hydrogen-bond donors (Lipinski definition) is 1. The second-order valence-electron chi connectivity index (χ2n) is 4.51. The lowest BCUT2D eigenvalue weighted by molar-refractivity contribution is 0.371. The number of fused-ring (bicyclic) bond motifs is 1. The quantitative estimate of drug-likeness (QED) is 0.911. The second kappa shape index (κ2) is 4.86. The highest BCUT2D eigenvalue weighted by atomic mass is 79.9. The average Bonchev–Trinajstić information content (AvgIpc) is 2.32. The van der Waals surface area contributed by atoms with E-state index in [9.17, 15) is 0 Å². The van der Waals surface area contributed by atoms with Gasteiger partial charge in [-0.05, 0) is 40.8 Å². The molecule has 1 aliphatic rings. The van der Waals surface area contributed by atoms with Crippen molar-refractivity contribution in [1.29, 1.82) is 0 Å². The predicted molar refractivity (Wildman–Crippen MR) is 71.8 cm³/mol. The van der Waals surface area contributed by atoms with E-state index in [-0.39, 0.29) is 6.04 Å². The minimum absolute atomic E-state index is 0.0301. The normalized spacial score (nSPS) is 23.1. The van der Waals surface area contributed by atoms with Gasteiger partial charge < -0.3 is 15.2 Å². The molecule has 0 heterocycles. The van der Waals surface area contributed by atoms with Gasteiger partial charge in [-0.3, -0.25) is 0 Å². The molecule has 1 aliphatic carbocycles. The van der Waals surface area contributed by atoms with Crippen LogP contribution in [-0.4, -0.2) is 14.2 Å². The number of hydrogen-bond acceptors (Lipinski definition) is 3. The molecule has 17 heavy (non-hydrogen) atoms. The molecule has 0 radical (unpaired) electrons. The van der Waals surface area contributed by atoms with Crippen LogP contribution in [0, 0.1) is 0 Å². The van der Waals surface area contributed by atoms with Crippen molar-refractivity contribution in [2.24, 2.45) is 5.73 Å². The molecule has 0 amide bonds. The first-order chi connectivity index (χ1) is 8.10. The summed E-state index contributed by atoms with van der Waals surface area (Å²) >= 11 is 3.51. The third kappa shape index (κ3) is 2.04. The van der Waals surface area contributed by atoms with E-state index in [1.54, 1.807) is 14.2 Å². The van der Waals surface area contributed by atoms with Gasteiger partial charge in [0, 0.05) is 17.2 Å². The molecule has 0 saturated heterocycles. The number of nitrogens with two attached hydrogens (primary N) is 1. The highest BCUT2D eigenvalue weighted by molar-refractivity contribution is 9.10. The van der Waals surface area contributed by atoms with E-state index in [0.717, 1.165) is 34.4 Å². The molecule has 0 spiro atoms. The minimum atomic E-state index is 0.0301. The Balaban J connectivity index is 2.71. The van der Waals surface area contributed by atoms with Crippen molar-refractivity contribution in [2.45, 2.75) is 31.7 Å². The fraction of sp³-hybridized carbons (Fsp3) is 0.538. The fourth-order valence-corrected chi connectivity index (χ4v) is 3.20. The Morgan fingerprint density at radius 1 is 1.24 bits per heavy atom. The van der Waals surface area contributed by atoms with Gasteiger partial charge in [-0.15, -0.1) is 0 Å². The Hall–Kier alpha value is -0.740. The molecule has 0 aromatic heterocycles. The average molecular weight is 300 g/mol. The molecule has 2 N–H and O–H groups in total. The zero-order valence-corrected chi connectivity index (χ0v) is 12.0. The molecule has 0 aliphatic heterocycles. The molecule has 0 saturated carbocycles. The first-order valence-corrected chi connectivity index (χ1v) is 6.59. The van der Waals surface area contributed by atoms with Crippen LogP contribution in [-0.2, 0) is 0 Å². The Kier molecular flexibility index (Phi) is 3.64. The Morgan fingerprint density at radius 2 is 1.94 bits per heavy atom. The smallest absolute Gasteiger partial charge is 0.138 e. The van der Waals surface area contributed by atoms with E-state index in [4.69, 9.17) is 15.2 Å². The predicted octanol–water partition coefficient (Wildman–Crippen LogP) is 3.36. The number of methoxy groups -OCH3 is 2. The van der Waals surface area contributed by atoms with Gasteiger partial charge in [-0.2, -0.15) is 0 Å². The molecule has 2 rings (SSSR count). The molecule has 1 aromatic rings. The van der Waals surface area contributed by atoms with E-state index < -0.39 is 0 Å². The Labute approximate surface area is 110 Å². The molecule has 4 heteroatoms. The molecule has 1 aromatic carbocycles. The lowest BCUT2D eigenvalue weighted by atomic mass is 9.80. The molecular formula is C13H18BrNO2. The Morgan fingerprint density at radius 3 is 2.53 bits per heavy atom. The van der Waals surface area contributed by atoms with E-state index in [1.165, 1.54) is 5.56 Å². The maximum absolute atomic E-state index is 6.22. The topological polar surface area (TPSA) is 44.5 Å². The summed E-state index contributed by atoms with van der Waals surface area (Å²) in [5.74, 6) is 2.21. The van der Waals surface area contributed by atoms with Crippen LogP contribution < -0.4 is 15.2 Å². The van der Waals surface area contributed by atoms with Gasteiger partial charge in [-0.1, -0.05) is 6.92 Å². The third-order valence-corrected chi connectivity index (χ3v) is 4.06. The SMILES string of the molecule is COc1cc(Br)c(OC)c2c1C(C)CC[C@H]2N. The molecule has 1 unspecified atom stereocenters. The van der Waals surface area contributed by atoms with Gasteiger partial charge >= 0.3 is 0 Å². The number of ether oxygens (including phenoxy) is 2. The maximum Gasteiger partial charge on any atom is 0.138 e.